The number of carbonyl (C=O) groups excluding carboxylic acids is 1. The molecule has 0 radical (unpaired) electrons. The number of halogens is 1. The number of H-pyrrole nitrogens is 1. The molecule has 0 atom stereocenters. The Bertz CT molecular complexity index is 1410. The Morgan fingerprint density at radius 1 is 0.938 bits per heavy atom. The number of rotatable bonds is 6. The van der Waals surface area contributed by atoms with E-state index in [4.69, 9.17) is 4.98 Å². The van der Waals surface area contributed by atoms with E-state index in [9.17, 15) is 9.18 Å². The molecule has 0 bridgehead atoms. The average Bonchev–Trinajstić information content (AvgIpc) is 3.20. The van der Waals surface area contributed by atoms with Gasteiger partial charge in [-0.15, -0.1) is 0 Å². The first kappa shape index (κ1) is 19.8. The fraction of sp³-hybridized carbons (Fsp3) is 0.120. The van der Waals surface area contributed by atoms with Gasteiger partial charge in [-0.2, -0.15) is 0 Å². The van der Waals surface area contributed by atoms with Crippen LogP contribution < -0.4 is 16.0 Å². The van der Waals surface area contributed by atoms with E-state index in [0.717, 1.165) is 45.1 Å². The number of aromatic nitrogens is 2. The summed E-state index contributed by atoms with van der Waals surface area (Å²) in [5, 5.41) is 11.8. The van der Waals surface area contributed by atoms with Crippen LogP contribution in [0.3, 0.4) is 0 Å². The van der Waals surface area contributed by atoms with Crippen molar-refractivity contribution in [2.45, 2.75) is 6.42 Å². The number of pyridine rings is 1. The summed E-state index contributed by atoms with van der Waals surface area (Å²) < 4.78 is 13.9. The van der Waals surface area contributed by atoms with Gasteiger partial charge in [0.15, 0.2) is 0 Å². The summed E-state index contributed by atoms with van der Waals surface area (Å²) in [6.45, 7) is 1.14. The summed E-state index contributed by atoms with van der Waals surface area (Å²) in [6.07, 6.45) is 0.717. The molecule has 5 rings (SSSR count). The minimum atomic E-state index is -0.292. The van der Waals surface area contributed by atoms with Crippen molar-refractivity contribution in [1.82, 2.24) is 15.3 Å². The molecule has 0 fully saturated rings. The van der Waals surface area contributed by atoms with Gasteiger partial charge >= 0.3 is 6.03 Å². The fourth-order valence-electron chi connectivity index (χ4n) is 3.89. The maximum absolute atomic E-state index is 13.9. The highest BCUT2D eigenvalue weighted by Crippen LogP contribution is 2.35. The molecule has 5 aromatic rings. The number of aromatic amines is 1. The Balaban J connectivity index is 1.31. The van der Waals surface area contributed by atoms with Crippen molar-refractivity contribution in [3.63, 3.8) is 0 Å². The lowest BCUT2D eigenvalue weighted by atomic mass is 10.1. The van der Waals surface area contributed by atoms with Crippen molar-refractivity contribution in [2.75, 3.05) is 23.7 Å². The molecule has 7 heteroatoms. The number of nitrogens with zero attached hydrogens (tertiary/aromatic N) is 1. The van der Waals surface area contributed by atoms with Crippen molar-refractivity contribution >= 4 is 50.2 Å². The van der Waals surface area contributed by atoms with Crippen LogP contribution in [0.5, 0.6) is 0 Å². The first-order valence-electron chi connectivity index (χ1n) is 10.5. The second kappa shape index (κ2) is 8.55. The molecule has 2 aromatic heterocycles. The maximum Gasteiger partial charge on any atom is 0.319 e. The third-order valence-corrected chi connectivity index (χ3v) is 5.37. The molecule has 32 heavy (non-hydrogen) atoms. The van der Waals surface area contributed by atoms with Crippen LogP contribution in [0.1, 0.15) is 6.42 Å². The number of para-hydroxylation sites is 2. The summed E-state index contributed by atoms with van der Waals surface area (Å²) in [7, 11) is 0. The zero-order chi connectivity index (χ0) is 21.9. The molecular formula is C25H22FN5O. The SMILES string of the molecule is O=C(NCCCNc1nc2ccc(F)cc2c2[nH]c3ccccc3c12)Nc1ccccc1. The van der Waals surface area contributed by atoms with Crippen molar-refractivity contribution in [3.05, 3.63) is 78.6 Å². The van der Waals surface area contributed by atoms with Gasteiger partial charge in [0, 0.05) is 35.1 Å². The Morgan fingerprint density at radius 3 is 2.62 bits per heavy atom. The maximum atomic E-state index is 13.9. The van der Waals surface area contributed by atoms with Crippen LogP contribution in [-0.2, 0) is 0 Å². The molecule has 0 unspecified atom stereocenters. The number of nitrogens with one attached hydrogen (secondary N) is 4. The van der Waals surface area contributed by atoms with Gasteiger partial charge in [0.1, 0.15) is 11.6 Å². The van der Waals surface area contributed by atoms with E-state index in [1.54, 1.807) is 6.07 Å². The normalized spacial score (nSPS) is 11.2. The Hall–Kier alpha value is -4.13. The van der Waals surface area contributed by atoms with Gasteiger partial charge < -0.3 is 20.9 Å². The Morgan fingerprint density at radius 2 is 1.75 bits per heavy atom. The predicted molar refractivity (Wildman–Crippen MR) is 128 cm³/mol. The molecule has 2 amide bonds. The van der Waals surface area contributed by atoms with E-state index in [0.29, 0.717) is 18.6 Å². The summed E-state index contributed by atoms with van der Waals surface area (Å²) in [6, 6.07) is 21.7. The quantitative estimate of drug-likeness (QED) is 0.265. The van der Waals surface area contributed by atoms with Gasteiger partial charge in [-0.25, -0.2) is 14.2 Å². The molecule has 4 N–H and O–H groups in total. The number of fused-ring (bicyclic) bond motifs is 5. The van der Waals surface area contributed by atoms with Gasteiger partial charge in [0.25, 0.3) is 0 Å². The summed E-state index contributed by atoms with van der Waals surface area (Å²) in [4.78, 5) is 20.2. The van der Waals surface area contributed by atoms with E-state index >= 15 is 0 Å². The van der Waals surface area contributed by atoms with Crippen LogP contribution >= 0.6 is 0 Å². The number of hydrogen-bond donors (Lipinski definition) is 4. The monoisotopic (exact) mass is 427 g/mol. The molecule has 6 nitrogen and oxygen atoms in total. The first-order chi connectivity index (χ1) is 15.7. The smallest absolute Gasteiger partial charge is 0.319 e. The zero-order valence-corrected chi connectivity index (χ0v) is 17.3. The molecule has 3 aromatic carbocycles. The third-order valence-electron chi connectivity index (χ3n) is 5.37. The fourth-order valence-corrected chi connectivity index (χ4v) is 3.89. The largest absolute Gasteiger partial charge is 0.369 e. The molecule has 0 saturated heterocycles. The van der Waals surface area contributed by atoms with Gasteiger partial charge in [0.2, 0.25) is 0 Å². The first-order valence-corrected chi connectivity index (χ1v) is 10.5. The second-order valence-electron chi connectivity index (χ2n) is 7.57. The summed E-state index contributed by atoms with van der Waals surface area (Å²) >= 11 is 0. The van der Waals surface area contributed by atoms with Crippen LogP contribution in [0.25, 0.3) is 32.7 Å². The number of amides is 2. The topological polar surface area (TPSA) is 81.8 Å². The van der Waals surface area contributed by atoms with Crippen LogP contribution in [0.15, 0.2) is 72.8 Å². The highest BCUT2D eigenvalue weighted by molar-refractivity contribution is 6.20. The van der Waals surface area contributed by atoms with Crippen LogP contribution in [0.2, 0.25) is 0 Å². The molecule has 0 aliphatic rings. The Labute approximate surface area is 183 Å². The summed E-state index contributed by atoms with van der Waals surface area (Å²) in [5.74, 6) is 0.449. The van der Waals surface area contributed by atoms with E-state index in [1.807, 2.05) is 54.6 Å². The molecule has 0 aliphatic carbocycles. The molecule has 0 spiro atoms. The molecular weight excluding hydrogens is 405 g/mol. The van der Waals surface area contributed by atoms with E-state index in [-0.39, 0.29) is 11.8 Å². The standard InChI is InChI=1S/C25H22FN5O/c26-16-11-12-21-19(15-16)23-22(18-9-4-5-10-20(18)30-23)24(31-21)27-13-6-14-28-25(32)29-17-7-2-1-3-8-17/h1-5,7-12,15,30H,6,13-14H2,(H,27,31)(H2,28,29,32). The molecule has 160 valence electrons. The number of benzene rings is 3. The van der Waals surface area contributed by atoms with Crippen molar-refractivity contribution in [3.8, 4) is 0 Å². The van der Waals surface area contributed by atoms with Crippen LogP contribution in [0.4, 0.5) is 20.7 Å². The van der Waals surface area contributed by atoms with Gasteiger partial charge in [-0.05, 0) is 42.8 Å². The minimum Gasteiger partial charge on any atom is -0.369 e. The van der Waals surface area contributed by atoms with Crippen LogP contribution in [0, 0.1) is 5.82 Å². The van der Waals surface area contributed by atoms with Crippen molar-refractivity contribution < 1.29 is 9.18 Å². The minimum absolute atomic E-state index is 0.235. The predicted octanol–water partition coefficient (Wildman–Crippen LogP) is 5.63. The molecule has 0 saturated carbocycles. The number of hydrogen-bond acceptors (Lipinski definition) is 3. The average molecular weight is 427 g/mol. The molecule has 2 heterocycles. The van der Waals surface area contributed by atoms with Gasteiger partial charge in [-0.3, -0.25) is 0 Å². The van der Waals surface area contributed by atoms with E-state index in [2.05, 4.69) is 20.9 Å². The lowest BCUT2D eigenvalue weighted by Gasteiger charge is -2.11. The third kappa shape index (κ3) is 3.92. The number of urea groups is 1. The zero-order valence-electron chi connectivity index (χ0n) is 17.3. The Kier molecular flexibility index (Phi) is 5.29. The highest BCUT2D eigenvalue weighted by Gasteiger charge is 2.14. The van der Waals surface area contributed by atoms with Crippen LogP contribution in [-0.4, -0.2) is 29.1 Å². The van der Waals surface area contributed by atoms with Gasteiger partial charge in [0.05, 0.1) is 16.4 Å². The van der Waals surface area contributed by atoms with Gasteiger partial charge in [-0.1, -0.05) is 36.4 Å². The van der Waals surface area contributed by atoms with Crippen molar-refractivity contribution in [1.29, 1.82) is 0 Å². The molecule has 0 aliphatic heterocycles. The van der Waals surface area contributed by atoms with Crippen molar-refractivity contribution in [2.24, 2.45) is 0 Å². The number of anilines is 2. The van der Waals surface area contributed by atoms with E-state index in [1.165, 1.54) is 12.1 Å². The summed E-state index contributed by atoms with van der Waals surface area (Å²) in [5.41, 5.74) is 3.30. The van der Waals surface area contributed by atoms with E-state index < -0.39 is 0 Å². The number of carbonyl (C=O) groups is 1. The second-order valence-corrected chi connectivity index (χ2v) is 7.57. The highest BCUT2D eigenvalue weighted by atomic mass is 19.1. The lowest BCUT2D eigenvalue weighted by molar-refractivity contribution is 0.252. The lowest BCUT2D eigenvalue weighted by Crippen LogP contribution is -2.30.